The van der Waals surface area contributed by atoms with E-state index < -0.39 is 22.2 Å². The third kappa shape index (κ3) is 7.01. The highest BCUT2D eigenvalue weighted by molar-refractivity contribution is 7.98. The number of ether oxygens (including phenoxy) is 1. The summed E-state index contributed by atoms with van der Waals surface area (Å²) in [6.07, 6.45) is 1.82. The Morgan fingerprint density at radius 3 is 2.74 bits per heavy atom. The summed E-state index contributed by atoms with van der Waals surface area (Å²) in [4.78, 5) is 26.5. The summed E-state index contributed by atoms with van der Waals surface area (Å²) in [6, 6.07) is 13.0. The zero-order valence-electron chi connectivity index (χ0n) is 20.5. The number of carbonyl (C=O) groups is 2. The van der Waals surface area contributed by atoms with Crippen molar-refractivity contribution in [1.82, 2.24) is 14.9 Å². The molecule has 3 aromatic rings. The van der Waals surface area contributed by atoms with E-state index in [1.807, 2.05) is 36.6 Å². The van der Waals surface area contributed by atoms with Crippen LogP contribution < -0.4 is 10.6 Å². The third-order valence-electron chi connectivity index (χ3n) is 6.00. The van der Waals surface area contributed by atoms with Gasteiger partial charge in [0.25, 0.3) is 5.91 Å². The Morgan fingerprint density at radius 2 is 2.00 bits per heavy atom. The molecule has 2 aromatic carbocycles. The molecule has 13 heteroatoms. The van der Waals surface area contributed by atoms with Crippen molar-refractivity contribution in [2.45, 2.75) is 23.5 Å². The van der Waals surface area contributed by atoms with Gasteiger partial charge in [-0.25, -0.2) is 8.42 Å². The number of morpholine rings is 1. The van der Waals surface area contributed by atoms with Crippen LogP contribution >= 0.6 is 46.3 Å². The van der Waals surface area contributed by atoms with Crippen LogP contribution in [0.25, 0.3) is 10.1 Å². The number of benzene rings is 2. The molecule has 1 aliphatic heterocycles. The predicted octanol–water partition coefficient (Wildman–Crippen LogP) is 4.27. The summed E-state index contributed by atoms with van der Waals surface area (Å²) >= 11 is 15.0. The normalized spacial score (nSPS) is 17.3. The first-order valence-corrected chi connectivity index (χ1v) is 16.2. The Kier molecular flexibility index (Phi) is 9.96. The van der Waals surface area contributed by atoms with Crippen LogP contribution in [0.3, 0.4) is 0 Å². The van der Waals surface area contributed by atoms with Crippen molar-refractivity contribution < 1.29 is 22.7 Å². The van der Waals surface area contributed by atoms with Crippen LogP contribution in [-0.4, -0.2) is 74.9 Å². The highest BCUT2D eigenvalue weighted by Crippen LogP contribution is 2.28. The Hall–Kier alpha value is -1.86. The molecule has 4 rings (SSSR count). The van der Waals surface area contributed by atoms with Crippen LogP contribution in [0, 0.1) is 0 Å². The summed E-state index contributed by atoms with van der Waals surface area (Å²) in [7, 11) is -3.88. The number of nitrogens with zero attached hydrogens (tertiary/aromatic N) is 1. The quantitative estimate of drug-likeness (QED) is 0.353. The monoisotopic (exact) mass is 615 g/mol. The first kappa shape index (κ1) is 29.1. The van der Waals surface area contributed by atoms with Gasteiger partial charge >= 0.3 is 0 Å². The third-order valence-corrected chi connectivity index (χ3v) is 10.3. The van der Waals surface area contributed by atoms with Crippen LogP contribution in [0.5, 0.6) is 0 Å². The number of fused-ring (bicyclic) bond motifs is 1. The van der Waals surface area contributed by atoms with E-state index in [0.717, 1.165) is 10.1 Å². The topological polar surface area (TPSA) is 105 Å². The summed E-state index contributed by atoms with van der Waals surface area (Å²) in [6.45, 7) is 0.468. The van der Waals surface area contributed by atoms with E-state index in [1.165, 1.54) is 33.8 Å². The van der Waals surface area contributed by atoms with Crippen LogP contribution in [-0.2, 0) is 19.6 Å². The Balaban J connectivity index is 1.38. The molecule has 0 aliphatic carbocycles. The van der Waals surface area contributed by atoms with Gasteiger partial charge in [-0.2, -0.15) is 16.1 Å². The van der Waals surface area contributed by atoms with E-state index in [4.69, 9.17) is 27.9 Å². The number of amides is 2. The maximum Gasteiger partial charge on any atom is 0.262 e. The van der Waals surface area contributed by atoms with Crippen molar-refractivity contribution >= 4 is 78.2 Å². The summed E-state index contributed by atoms with van der Waals surface area (Å²) in [5.74, 6) is 0.0230. The molecule has 8 nitrogen and oxygen atoms in total. The highest BCUT2D eigenvalue weighted by atomic mass is 35.5. The summed E-state index contributed by atoms with van der Waals surface area (Å²) in [5.41, 5.74) is 0. The first-order valence-electron chi connectivity index (χ1n) is 11.8. The van der Waals surface area contributed by atoms with Crippen molar-refractivity contribution in [3.8, 4) is 0 Å². The SMILES string of the molecule is CSCC[C@H](NC(=O)c1cc2ccccc2s1)C(=O)NCC1CN(S(=O)(=O)c2ccc(Cl)cc2Cl)CCO1. The van der Waals surface area contributed by atoms with E-state index in [1.54, 1.807) is 11.8 Å². The molecule has 38 heavy (non-hydrogen) atoms. The molecule has 1 fully saturated rings. The predicted molar refractivity (Wildman–Crippen MR) is 154 cm³/mol. The van der Waals surface area contributed by atoms with Gasteiger partial charge in [0.05, 0.1) is 22.6 Å². The minimum Gasteiger partial charge on any atom is -0.374 e. The van der Waals surface area contributed by atoms with Crippen molar-refractivity contribution in [3.05, 3.63) is 63.5 Å². The highest BCUT2D eigenvalue weighted by Gasteiger charge is 2.33. The van der Waals surface area contributed by atoms with Crippen LogP contribution in [0.2, 0.25) is 10.0 Å². The fourth-order valence-electron chi connectivity index (χ4n) is 4.02. The van der Waals surface area contributed by atoms with Gasteiger partial charge in [0.15, 0.2) is 0 Å². The molecule has 0 radical (unpaired) electrons. The molecule has 1 aromatic heterocycles. The first-order chi connectivity index (χ1) is 18.2. The lowest BCUT2D eigenvalue weighted by molar-refractivity contribution is -0.124. The minimum atomic E-state index is -3.88. The lowest BCUT2D eigenvalue weighted by atomic mass is 10.2. The summed E-state index contributed by atoms with van der Waals surface area (Å²) in [5, 5.41) is 7.04. The number of hydrogen-bond acceptors (Lipinski definition) is 7. The van der Waals surface area contributed by atoms with Crippen LogP contribution in [0.15, 0.2) is 53.4 Å². The minimum absolute atomic E-state index is 0.0330. The van der Waals surface area contributed by atoms with Gasteiger partial charge in [-0.1, -0.05) is 41.4 Å². The molecule has 2 heterocycles. The maximum absolute atomic E-state index is 13.2. The second-order valence-corrected chi connectivity index (χ2v) is 13.5. The zero-order chi connectivity index (χ0) is 27.3. The molecule has 2 atom stereocenters. The lowest BCUT2D eigenvalue weighted by Gasteiger charge is -2.32. The van der Waals surface area contributed by atoms with Crippen molar-refractivity contribution in [1.29, 1.82) is 0 Å². The average molecular weight is 617 g/mol. The fraction of sp³-hybridized carbons (Fsp3) is 0.360. The fourth-order valence-corrected chi connectivity index (χ4v) is 7.66. The molecular formula is C25H27Cl2N3O5S3. The second kappa shape index (κ2) is 13.0. The largest absolute Gasteiger partial charge is 0.374 e. The van der Waals surface area contributed by atoms with Crippen molar-refractivity contribution in [2.75, 3.05) is 38.2 Å². The molecule has 2 N–H and O–H groups in total. The van der Waals surface area contributed by atoms with Gasteiger partial charge in [-0.15, -0.1) is 11.3 Å². The molecular weight excluding hydrogens is 589 g/mol. The average Bonchev–Trinajstić information content (AvgIpc) is 3.34. The molecule has 2 amide bonds. The molecule has 0 bridgehead atoms. The van der Waals surface area contributed by atoms with Gasteiger partial charge in [-0.3, -0.25) is 9.59 Å². The Bertz CT molecular complexity index is 1380. The Morgan fingerprint density at radius 1 is 1.21 bits per heavy atom. The van der Waals surface area contributed by atoms with E-state index in [2.05, 4.69) is 10.6 Å². The molecule has 204 valence electrons. The number of thiophene rings is 1. The number of nitrogens with one attached hydrogen (secondary N) is 2. The lowest BCUT2D eigenvalue weighted by Crippen LogP contribution is -2.52. The maximum atomic E-state index is 13.2. The van der Waals surface area contributed by atoms with E-state index in [0.29, 0.717) is 22.1 Å². The second-order valence-electron chi connectivity index (χ2n) is 8.63. The standard InChI is InChI=1S/C25H27Cl2N3O5S3/c1-36-11-8-20(29-25(32)22-12-16-4-2-3-5-21(16)37-22)24(31)28-14-18-15-30(9-10-35-18)38(33,34)23-7-6-17(26)13-19(23)27/h2-7,12-13,18,20H,8-11,14-15H2,1H3,(H,28,31)(H,29,32)/t18?,20-/m0/s1. The van der Waals surface area contributed by atoms with Crippen LogP contribution in [0.1, 0.15) is 16.1 Å². The molecule has 0 saturated carbocycles. The number of rotatable bonds is 10. The molecule has 1 saturated heterocycles. The van der Waals surface area contributed by atoms with Crippen molar-refractivity contribution in [3.63, 3.8) is 0 Å². The van der Waals surface area contributed by atoms with Crippen molar-refractivity contribution in [2.24, 2.45) is 0 Å². The number of carbonyl (C=O) groups excluding carboxylic acids is 2. The van der Waals surface area contributed by atoms with Gasteiger partial charge in [0, 0.05) is 29.4 Å². The van der Waals surface area contributed by atoms with Gasteiger partial charge in [0.1, 0.15) is 10.9 Å². The van der Waals surface area contributed by atoms with E-state index in [9.17, 15) is 18.0 Å². The van der Waals surface area contributed by atoms with Gasteiger partial charge in [0.2, 0.25) is 15.9 Å². The molecule has 1 unspecified atom stereocenters. The van der Waals surface area contributed by atoms with Gasteiger partial charge < -0.3 is 15.4 Å². The smallest absolute Gasteiger partial charge is 0.262 e. The number of hydrogen-bond donors (Lipinski definition) is 2. The molecule has 1 aliphatic rings. The number of thioether (sulfide) groups is 1. The molecule has 0 spiro atoms. The Labute approximate surface area is 240 Å². The number of halogens is 2. The van der Waals surface area contributed by atoms with E-state index >= 15 is 0 Å². The zero-order valence-corrected chi connectivity index (χ0v) is 24.4. The van der Waals surface area contributed by atoms with Crippen LogP contribution in [0.4, 0.5) is 0 Å². The number of sulfonamides is 1. The summed E-state index contributed by atoms with van der Waals surface area (Å²) < 4.78 is 34.3. The van der Waals surface area contributed by atoms with E-state index in [-0.39, 0.29) is 48.0 Å². The van der Waals surface area contributed by atoms with Gasteiger partial charge in [-0.05, 0) is 54.1 Å².